The molecule has 3 aromatic rings. The number of thiazole rings is 1. The van der Waals surface area contributed by atoms with E-state index in [1.807, 2.05) is 30.3 Å². The molecule has 1 heterocycles. The van der Waals surface area contributed by atoms with Crippen LogP contribution in [-0.2, 0) is 0 Å². The van der Waals surface area contributed by atoms with E-state index in [2.05, 4.69) is 31.0 Å². The van der Waals surface area contributed by atoms with Crippen molar-refractivity contribution in [2.75, 3.05) is 26.2 Å². The first-order valence-electron chi connectivity index (χ1n) is 8.32. The van der Waals surface area contributed by atoms with Crippen molar-refractivity contribution in [2.45, 2.75) is 13.8 Å². The lowest BCUT2D eigenvalue weighted by Crippen LogP contribution is -3.12. The number of nitrogens with one attached hydrogen (secondary N) is 1. The maximum atomic E-state index is 6.03. The Hall–Kier alpha value is -1.62. The van der Waals surface area contributed by atoms with E-state index < -0.39 is 0 Å². The van der Waals surface area contributed by atoms with Gasteiger partial charge in [0.05, 0.1) is 23.3 Å². The molecule has 0 aliphatic carbocycles. The number of quaternary nitrogens is 1. The van der Waals surface area contributed by atoms with Gasteiger partial charge in [0, 0.05) is 10.6 Å². The van der Waals surface area contributed by atoms with Crippen molar-refractivity contribution < 1.29 is 9.64 Å². The monoisotopic (exact) mass is 361 g/mol. The van der Waals surface area contributed by atoms with E-state index in [4.69, 9.17) is 16.3 Å². The number of halogens is 1. The lowest BCUT2D eigenvalue weighted by Gasteiger charge is -2.15. The fourth-order valence-corrected chi connectivity index (χ4v) is 3.75. The van der Waals surface area contributed by atoms with Crippen LogP contribution in [-0.4, -0.2) is 31.2 Å². The number of likely N-dealkylation sites (N-methyl/N-ethyl adjacent to an activating group) is 1. The summed E-state index contributed by atoms with van der Waals surface area (Å²) in [5, 5.41) is 1.73. The summed E-state index contributed by atoms with van der Waals surface area (Å²) < 4.78 is 7.00. The van der Waals surface area contributed by atoms with Gasteiger partial charge in [-0.25, -0.2) is 4.98 Å². The van der Waals surface area contributed by atoms with Gasteiger partial charge >= 0.3 is 0 Å². The summed E-state index contributed by atoms with van der Waals surface area (Å²) in [5.74, 6) is 0.912. The number of hydrogen-bond donors (Lipinski definition) is 1. The molecule has 24 heavy (non-hydrogen) atoms. The van der Waals surface area contributed by atoms with E-state index in [0.29, 0.717) is 0 Å². The number of benzene rings is 2. The van der Waals surface area contributed by atoms with Gasteiger partial charge in [-0.2, -0.15) is 0 Å². The minimum absolute atomic E-state index is 0.721. The molecule has 3 nitrogen and oxygen atoms in total. The molecule has 0 fully saturated rings. The summed E-state index contributed by atoms with van der Waals surface area (Å²) in [7, 11) is 0. The molecule has 126 valence electrons. The van der Waals surface area contributed by atoms with Gasteiger partial charge in [-0.1, -0.05) is 11.6 Å². The lowest BCUT2D eigenvalue weighted by molar-refractivity contribution is -0.896. The molecule has 0 saturated heterocycles. The van der Waals surface area contributed by atoms with Crippen molar-refractivity contribution in [3.63, 3.8) is 0 Å². The Bertz CT molecular complexity index is 797. The summed E-state index contributed by atoms with van der Waals surface area (Å²) in [6.45, 7) is 8.47. The third-order valence-corrected chi connectivity index (χ3v) is 5.50. The number of rotatable bonds is 7. The SMILES string of the molecule is CC[NH+](CC)CCOc1ccc(-c2nc3cc(Cl)ccc3s2)cc1. The molecule has 1 N–H and O–H groups in total. The van der Waals surface area contributed by atoms with Crippen LogP contribution >= 0.6 is 22.9 Å². The maximum absolute atomic E-state index is 6.03. The van der Waals surface area contributed by atoms with Gasteiger partial charge in [0.2, 0.25) is 0 Å². The van der Waals surface area contributed by atoms with E-state index in [-0.39, 0.29) is 0 Å². The van der Waals surface area contributed by atoms with Crippen molar-refractivity contribution in [3.8, 4) is 16.3 Å². The summed E-state index contributed by atoms with van der Waals surface area (Å²) in [6.07, 6.45) is 0. The highest BCUT2D eigenvalue weighted by Gasteiger charge is 2.07. The fourth-order valence-electron chi connectivity index (χ4n) is 2.63. The highest BCUT2D eigenvalue weighted by Crippen LogP contribution is 2.32. The first kappa shape index (κ1) is 17.2. The van der Waals surface area contributed by atoms with E-state index in [1.165, 1.54) is 0 Å². The average Bonchev–Trinajstić information content (AvgIpc) is 3.02. The van der Waals surface area contributed by atoms with Crippen LogP contribution in [0, 0.1) is 0 Å². The summed E-state index contributed by atoms with van der Waals surface area (Å²) >= 11 is 7.71. The van der Waals surface area contributed by atoms with Gasteiger partial charge in [0.15, 0.2) is 0 Å². The van der Waals surface area contributed by atoms with E-state index in [1.54, 1.807) is 16.2 Å². The smallest absolute Gasteiger partial charge is 0.137 e. The third kappa shape index (κ3) is 4.07. The molecule has 0 amide bonds. The summed E-state index contributed by atoms with van der Waals surface area (Å²) in [4.78, 5) is 6.23. The summed E-state index contributed by atoms with van der Waals surface area (Å²) in [5.41, 5.74) is 2.05. The molecule has 3 rings (SSSR count). The van der Waals surface area contributed by atoms with E-state index in [0.717, 1.165) is 57.8 Å². The first-order valence-corrected chi connectivity index (χ1v) is 9.52. The Morgan fingerprint density at radius 1 is 1.08 bits per heavy atom. The van der Waals surface area contributed by atoms with Crippen molar-refractivity contribution in [1.82, 2.24) is 4.98 Å². The van der Waals surface area contributed by atoms with Crippen molar-refractivity contribution in [3.05, 3.63) is 47.5 Å². The lowest BCUT2D eigenvalue weighted by atomic mass is 10.2. The predicted octanol–water partition coefficient (Wildman–Crippen LogP) is 3.92. The standard InChI is InChI=1S/C19H21ClN2OS/c1-3-22(4-2)11-12-23-16-8-5-14(6-9-16)19-21-17-13-15(20)7-10-18(17)24-19/h5-10,13H,3-4,11-12H2,1-2H3/p+1. The number of aromatic nitrogens is 1. The van der Waals surface area contributed by atoms with E-state index >= 15 is 0 Å². The van der Waals surface area contributed by atoms with E-state index in [9.17, 15) is 0 Å². The molecular weight excluding hydrogens is 340 g/mol. The molecule has 0 spiro atoms. The van der Waals surface area contributed by atoms with Crippen LogP contribution in [0.3, 0.4) is 0 Å². The zero-order chi connectivity index (χ0) is 16.9. The van der Waals surface area contributed by atoms with Gasteiger partial charge in [-0.3, -0.25) is 0 Å². The second-order valence-corrected chi connectivity index (χ2v) is 7.18. The maximum Gasteiger partial charge on any atom is 0.137 e. The van der Waals surface area contributed by atoms with Crippen LogP contribution in [0.4, 0.5) is 0 Å². The third-order valence-electron chi connectivity index (χ3n) is 4.18. The Morgan fingerprint density at radius 2 is 1.83 bits per heavy atom. The highest BCUT2D eigenvalue weighted by atomic mass is 35.5. The summed E-state index contributed by atoms with van der Waals surface area (Å²) in [6, 6.07) is 14.0. The molecular formula is C19H22ClN2OS+. The van der Waals surface area contributed by atoms with Gasteiger partial charge < -0.3 is 9.64 Å². The Kier molecular flexibility index (Phi) is 5.72. The highest BCUT2D eigenvalue weighted by molar-refractivity contribution is 7.21. The second-order valence-electron chi connectivity index (χ2n) is 5.71. The van der Waals surface area contributed by atoms with Gasteiger partial charge in [-0.15, -0.1) is 11.3 Å². The minimum atomic E-state index is 0.721. The fraction of sp³-hybridized carbons (Fsp3) is 0.316. The molecule has 0 bridgehead atoms. The zero-order valence-electron chi connectivity index (χ0n) is 14.0. The Labute approximate surface area is 151 Å². The molecule has 1 aromatic heterocycles. The van der Waals surface area contributed by atoms with Gasteiger partial charge in [0.25, 0.3) is 0 Å². The quantitative estimate of drug-likeness (QED) is 0.690. The molecule has 0 saturated carbocycles. The van der Waals surface area contributed by atoms with Gasteiger partial charge in [0.1, 0.15) is 23.9 Å². The van der Waals surface area contributed by atoms with Crippen molar-refractivity contribution in [2.24, 2.45) is 0 Å². The number of fused-ring (bicyclic) bond motifs is 1. The van der Waals surface area contributed by atoms with Crippen LogP contribution < -0.4 is 9.64 Å². The predicted molar refractivity (Wildman–Crippen MR) is 102 cm³/mol. The van der Waals surface area contributed by atoms with Crippen LogP contribution in [0.2, 0.25) is 5.02 Å². The Balaban J connectivity index is 1.67. The van der Waals surface area contributed by atoms with Crippen LogP contribution in [0.1, 0.15) is 13.8 Å². The van der Waals surface area contributed by atoms with Crippen LogP contribution in [0.5, 0.6) is 5.75 Å². The van der Waals surface area contributed by atoms with Crippen LogP contribution in [0.25, 0.3) is 20.8 Å². The number of hydrogen-bond acceptors (Lipinski definition) is 3. The van der Waals surface area contributed by atoms with Gasteiger partial charge in [-0.05, 0) is 56.3 Å². The number of ether oxygens (including phenoxy) is 1. The minimum Gasteiger partial charge on any atom is -0.488 e. The molecule has 0 atom stereocenters. The second kappa shape index (κ2) is 7.97. The van der Waals surface area contributed by atoms with Crippen molar-refractivity contribution in [1.29, 1.82) is 0 Å². The van der Waals surface area contributed by atoms with Crippen molar-refractivity contribution >= 4 is 33.2 Å². The Morgan fingerprint density at radius 3 is 2.54 bits per heavy atom. The normalized spacial score (nSPS) is 11.3. The molecule has 0 aliphatic heterocycles. The molecule has 0 radical (unpaired) electrons. The molecule has 0 aliphatic rings. The molecule has 0 unspecified atom stereocenters. The van der Waals surface area contributed by atoms with Crippen LogP contribution in [0.15, 0.2) is 42.5 Å². The molecule has 2 aromatic carbocycles. The average molecular weight is 362 g/mol. The molecule has 5 heteroatoms. The topological polar surface area (TPSA) is 26.6 Å². The largest absolute Gasteiger partial charge is 0.488 e. The first-order chi connectivity index (χ1) is 11.7. The number of nitrogens with zero attached hydrogens (tertiary/aromatic N) is 1. The zero-order valence-corrected chi connectivity index (χ0v) is 15.6.